The molecule has 0 heterocycles. The van der Waals surface area contributed by atoms with Gasteiger partial charge in [-0.25, -0.2) is 9.59 Å². The Balaban J connectivity index is 0.000000451. The summed E-state index contributed by atoms with van der Waals surface area (Å²) in [5.74, 6) is -5.25. The van der Waals surface area contributed by atoms with Gasteiger partial charge in [0.25, 0.3) is 0 Å². The number of aromatic carboxylic acids is 2. The number of hydrogen-bond acceptors (Lipinski definition) is 8. The number of carbonyl (C=O) groups is 2. The van der Waals surface area contributed by atoms with E-state index in [1.54, 1.807) is 13.8 Å². The molecular formula is C43H52N2NiO8. The summed E-state index contributed by atoms with van der Waals surface area (Å²) in [6, 6.07) is 18.3. The Kier molecular flexibility index (Phi) is 19.8. The van der Waals surface area contributed by atoms with E-state index in [9.17, 15) is 19.8 Å². The molecule has 0 bridgehead atoms. The van der Waals surface area contributed by atoms with Crippen molar-refractivity contribution in [2.45, 2.75) is 100 Å². The number of phenolic OH excluding ortho intramolecular Hbond substituents is 2. The summed E-state index contributed by atoms with van der Waals surface area (Å²) in [5.41, 5.74) is 9.40. The predicted octanol–water partition coefficient (Wildman–Crippen LogP) is 9.21. The van der Waals surface area contributed by atoms with Crippen LogP contribution in [0.2, 0.25) is 0 Å². The molecule has 0 amide bonds. The number of nitrogens with zero attached hydrogens (tertiary/aromatic N) is 2. The van der Waals surface area contributed by atoms with Crippen LogP contribution in [0.15, 0.2) is 70.6 Å². The van der Waals surface area contributed by atoms with E-state index in [1.165, 1.54) is 65.8 Å². The molecule has 0 fully saturated rings. The number of phenols is 2. The van der Waals surface area contributed by atoms with Crippen molar-refractivity contribution in [3.63, 3.8) is 0 Å². The first-order valence-electron chi connectivity index (χ1n) is 17.8. The van der Waals surface area contributed by atoms with Gasteiger partial charge in [0.05, 0.1) is 33.9 Å². The summed E-state index contributed by atoms with van der Waals surface area (Å²) in [6.07, 6.45) is 6.83. The number of carboxylic acid groups (broad SMARTS) is 2. The second kappa shape index (κ2) is 22.8. The summed E-state index contributed by atoms with van der Waals surface area (Å²) in [7, 11) is 0. The summed E-state index contributed by atoms with van der Waals surface area (Å²) < 4.78 is 0. The van der Waals surface area contributed by atoms with E-state index in [0.717, 1.165) is 35.6 Å². The Labute approximate surface area is 328 Å². The van der Waals surface area contributed by atoms with E-state index in [1.807, 2.05) is 0 Å². The summed E-state index contributed by atoms with van der Waals surface area (Å²) in [5, 5.41) is 57.7. The number of carboxylic acids is 2. The van der Waals surface area contributed by atoms with Gasteiger partial charge in [0.2, 0.25) is 0 Å². The van der Waals surface area contributed by atoms with Crippen molar-refractivity contribution >= 4 is 34.7 Å². The fourth-order valence-electron chi connectivity index (χ4n) is 5.76. The van der Waals surface area contributed by atoms with Crippen molar-refractivity contribution in [3.05, 3.63) is 105 Å². The zero-order chi connectivity index (χ0) is 39.8. The normalized spacial score (nSPS) is 11.0. The fraction of sp³-hybridized carbons (Fsp3) is 0.349. The molecule has 292 valence electrons. The maximum Gasteiger partial charge on any atom is 2.00 e. The second-order valence-electron chi connectivity index (χ2n) is 13.0. The van der Waals surface area contributed by atoms with Crippen LogP contribution in [0.4, 0.5) is 11.4 Å². The maximum atomic E-state index is 11.2. The summed E-state index contributed by atoms with van der Waals surface area (Å²) in [4.78, 5) is 31.2. The molecule has 0 saturated carbocycles. The number of aryl methyl sites for hydroxylation is 6. The van der Waals surface area contributed by atoms with Crippen LogP contribution in [0.1, 0.15) is 114 Å². The van der Waals surface area contributed by atoms with Gasteiger partial charge >= 0.3 is 28.4 Å². The largest absolute Gasteiger partial charge is 2.00 e. The fourth-order valence-corrected chi connectivity index (χ4v) is 5.76. The number of aromatic hydroxyl groups is 2. The van der Waals surface area contributed by atoms with E-state index < -0.39 is 34.9 Å². The quantitative estimate of drug-likeness (QED) is 0.0622. The third-order valence-electron chi connectivity index (χ3n) is 8.29. The Bertz CT molecular complexity index is 1840. The number of benzene rings is 4. The third kappa shape index (κ3) is 14.4. The first-order chi connectivity index (χ1) is 25.0. The number of rotatable bonds is 12. The molecule has 0 aromatic heterocycles. The molecule has 4 N–H and O–H groups in total. The molecule has 0 aliphatic heterocycles. The van der Waals surface area contributed by atoms with Crippen molar-refractivity contribution in [1.29, 1.82) is 0 Å². The minimum atomic E-state index is -1.29. The van der Waals surface area contributed by atoms with Crippen molar-refractivity contribution < 1.29 is 56.7 Å². The first kappa shape index (κ1) is 46.9. The molecule has 54 heavy (non-hydrogen) atoms. The summed E-state index contributed by atoms with van der Waals surface area (Å²) in [6.45, 7) is 16.3. The second-order valence-corrected chi connectivity index (χ2v) is 13.0. The zero-order valence-electron chi connectivity index (χ0n) is 32.4. The molecule has 0 radical (unpaired) electrons. The van der Waals surface area contributed by atoms with E-state index in [4.69, 9.17) is 30.4 Å². The Hall–Kier alpha value is -5.15. The summed E-state index contributed by atoms with van der Waals surface area (Å²) >= 11 is 0. The Morgan fingerprint density at radius 1 is 0.611 bits per heavy atom. The molecule has 0 atom stereocenters. The monoisotopic (exact) mass is 782 g/mol. The zero-order valence-corrected chi connectivity index (χ0v) is 33.3. The van der Waals surface area contributed by atoms with E-state index in [-0.39, 0.29) is 27.6 Å². The van der Waals surface area contributed by atoms with Crippen molar-refractivity contribution in [2.75, 3.05) is 0 Å². The van der Waals surface area contributed by atoms with Crippen LogP contribution in [0, 0.1) is 27.7 Å². The van der Waals surface area contributed by atoms with Crippen LogP contribution in [0.3, 0.4) is 0 Å². The van der Waals surface area contributed by atoms with Gasteiger partial charge in [-0.15, -0.1) is 0 Å². The van der Waals surface area contributed by atoms with Crippen LogP contribution in [0.25, 0.3) is 0 Å². The molecule has 4 aromatic rings. The SMILES string of the molecule is CCCCCCC(=Nc1cc(C)cc(C)c1)C(C)=Nc1cc(C)cc(C)c1.CCc1ccc(O)c([O-])c1C(=O)O.CCc1ccc(O)c([O-])c1C(=O)O.[Ni+2]. The molecule has 4 aromatic carbocycles. The maximum absolute atomic E-state index is 11.2. The van der Waals surface area contributed by atoms with Crippen LogP contribution < -0.4 is 10.2 Å². The van der Waals surface area contributed by atoms with Crippen LogP contribution >= 0.6 is 0 Å². The molecule has 4 rings (SSSR count). The molecule has 0 aliphatic rings. The van der Waals surface area contributed by atoms with Gasteiger partial charge in [0.15, 0.2) is 0 Å². The number of hydrogen-bond donors (Lipinski definition) is 4. The van der Waals surface area contributed by atoms with Crippen molar-refractivity contribution in [1.82, 2.24) is 0 Å². The van der Waals surface area contributed by atoms with Crippen LogP contribution in [-0.2, 0) is 29.3 Å². The van der Waals surface area contributed by atoms with Gasteiger partial charge in [0.1, 0.15) is 11.5 Å². The van der Waals surface area contributed by atoms with Gasteiger partial charge in [-0.1, -0.05) is 75.8 Å². The number of aliphatic imine (C=N–C) groups is 2. The van der Waals surface area contributed by atoms with E-state index >= 15 is 0 Å². The van der Waals surface area contributed by atoms with Crippen LogP contribution in [-0.4, -0.2) is 43.8 Å². The van der Waals surface area contributed by atoms with Gasteiger partial charge < -0.3 is 30.6 Å². The van der Waals surface area contributed by atoms with Gasteiger partial charge in [-0.2, -0.15) is 0 Å². The Morgan fingerprint density at radius 2 is 1.00 bits per heavy atom. The topological polar surface area (TPSA) is 186 Å². The van der Waals surface area contributed by atoms with Gasteiger partial charge in [-0.3, -0.25) is 9.98 Å². The first-order valence-corrected chi connectivity index (χ1v) is 17.8. The van der Waals surface area contributed by atoms with E-state index in [0.29, 0.717) is 24.0 Å². The van der Waals surface area contributed by atoms with Crippen LogP contribution in [0.5, 0.6) is 23.0 Å². The smallest absolute Gasteiger partial charge is 0.869 e. The molecule has 0 saturated heterocycles. The molecular weight excluding hydrogens is 731 g/mol. The predicted molar refractivity (Wildman–Crippen MR) is 208 cm³/mol. The van der Waals surface area contributed by atoms with Crippen molar-refractivity contribution in [3.8, 4) is 23.0 Å². The minimum Gasteiger partial charge on any atom is -0.869 e. The third-order valence-corrected chi connectivity index (χ3v) is 8.29. The molecule has 10 nitrogen and oxygen atoms in total. The molecule has 0 unspecified atom stereocenters. The average molecular weight is 784 g/mol. The average Bonchev–Trinajstić information content (AvgIpc) is 3.07. The molecule has 0 spiro atoms. The molecule has 0 aliphatic carbocycles. The van der Waals surface area contributed by atoms with Gasteiger partial charge in [-0.05, 0) is 130 Å². The van der Waals surface area contributed by atoms with E-state index in [2.05, 4.69) is 77.9 Å². The molecule has 11 heteroatoms. The van der Waals surface area contributed by atoms with Gasteiger partial charge in [0, 0.05) is 0 Å². The minimum absolute atomic E-state index is 0. The standard InChI is InChI=1S/C25H34N2.2C9H10O4.Ni/c1-7-8-9-10-11-25(27-24-16-20(4)13-21(5)17-24)22(6)26-23-14-18(2)12-19(3)15-23;2*1-2-5-3-4-6(10)8(11)7(5)9(12)13;/h12-17H,7-11H2,1-6H3;2*3-4,10-11H,2H2,1H3,(H,12,13);/q;;;+2/p-2. The van der Waals surface area contributed by atoms with Crippen molar-refractivity contribution in [2.24, 2.45) is 9.98 Å². The number of unbranched alkanes of at least 4 members (excludes halogenated alkanes) is 3. The Morgan fingerprint density at radius 3 is 1.35 bits per heavy atom.